The highest BCUT2D eigenvalue weighted by Gasteiger charge is 2.28. The second kappa shape index (κ2) is 6.75. The van der Waals surface area contributed by atoms with E-state index in [1.54, 1.807) is 30.3 Å². The molecule has 0 radical (unpaired) electrons. The zero-order valence-corrected chi connectivity index (χ0v) is 13.4. The minimum Gasteiger partial charge on any atom is -0.338 e. The first-order valence-electron chi connectivity index (χ1n) is 7.38. The number of nitrogens with zero attached hydrogens (tertiary/aromatic N) is 4. The van der Waals surface area contributed by atoms with E-state index in [0.29, 0.717) is 49.3 Å². The maximum Gasteiger partial charge on any atom is 0.243 e. The van der Waals surface area contributed by atoms with Crippen LogP contribution in [0.4, 0.5) is 0 Å². The molecule has 0 unspecified atom stereocenters. The topological polar surface area (TPSA) is 106 Å². The number of rotatable bonds is 5. The highest BCUT2D eigenvalue weighted by Crippen LogP contribution is 2.17. The standard InChI is InChI=1S/C14H19N5O3S/c15-10-14-16-13(17-22-14)11-18-6-8-19(9-7-18)23(20,21)12-4-2-1-3-5-12/h1-5H,6-11,15H2. The van der Waals surface area contributed by atoms with Gasteiger partial charge in [0.05, 0.1) is 18.0 Å². The van der Waals surface area contributed by atoms with E-state index in [9.17, 15) is 8.42 Å². The predicted octanol–water partition coefficient (Wildman–Crippen LogP) is 0.0348. The summed E-state index contributed by atoms with van der Waals surface area (Å²) in [7, 11) is -3.42. The quantitative estimate of drug-likeness (QED) is 0.821. The van der Waals surface area contributed by atoms with Gasteiger partial charge in [-0.05, 0) is 12.1 Å². The van der Waals surface area contributed by atoms with Gasteiger partial charge < -0.3 is 10.3 Å². The van der Waals surface area contributed by atoms with Crippen molar-refractivity contribution >= 4 is 10.0 Å². The van der Waals surface area contributed by atoms with Crippen molar-refractivity contribution in [3.05, 3.63) is 42.0 Å². The van der Waals surface area contributed by atoms with Gasteiger partial charge in [0.1, 0.15) is 0 Å². The van der Waals surface area contributed by atoms with Gasteiger partial charge in [0.15, 0.2) is 5.82 Å². The molecule has 9 heteroatoms. The lowest BCUT2D eigenvalue weighted by Gasteiger charge is -2.33. The van der Waals surface area contributed by atoms with Gasteiger partial charge in [0.25, 0.3) is 0 Å². The summed E-state index contributed by atoms with van der Waals surface area (Å²) in [4.78, 5) is 6.59. The van der Waals surface area contributed by atoms with Crippen molar-refractivity contribution in [2.75, 3.05) is 26.2 Å². The molecule has 2 N–H and O–H groups in total. The monoisotopic (exact) mass is 337 g/mol. The van der Waals surface area contributed by atoms with Crippen LogP contribution in [0.15, 0.2) is 39.8 Å². The van der Waals surface area contributed by atoms with Crippen molar-refractivity contribution in [2.45, 2.75) is 18.0 Å². The van der Waals surface area contributed by atoms with Crippen molar-refractivity contribution < 1.29 is 12.9 Å². The van der Waals surface area contributed by atoms with Crippen molar-refractivity contribution in [1.82, 2.24) is 19.3 Å². The average Bonchev–Trinajstić information content (AvgIpc) is 3.04. The molecule has 8 nitrogen and oxygen atoms in total. The first kappa shape index (κ1) is 16.1. The summed E-state index contributed by atoms with van der Waals surface area (Å²) in [5, 5.41) is 3.86. The summed E-state index contributed by atoms with van der Waals surface area (Å²) in [5.74, 6) is 0.982. The van der Waals surface area contributed by atoms with Crippen LogP contribution in [0.1, 0.15) is 11.7 Å². The first-order valence-corrected chi connectivity index (χ1v) is 8.82. The van der Waals surface area contributed by atoms with E-state index in [4.69, 9.17) is 10.3 Å². The van der Waals surface area contributed by atoms with Crippen molar-refractivity contribution in [3.8, 4) is 0 Å². The predicted molar refractivity (Wildman–Crippen MR) is 82.7 cm³/mol. The molecule has 2 heterocycles. The smallest absolute Gasteiger partial charge is 0.243 e. The summed E-state index contributed by atoms with van der Waals surface area (Å²) >= 11 is 0. The van der Waals surface area contributed by atoms with E-state index in [1.807, 2.05) is 0 Å². The van der Waals surface area contributed by atoms with Gasteiger partial charge in [-0.2, -0.15) is 9.29 Å². The van der Waals surface area contributed by atoms with Gasteiger partial charge >= 0.3 is 0 Å². The third-order valence-corrected chi connectivity index (χ3v) is 5.67. The lowest BCUT2D eigenvalue weighted by Crippen LogP contribution is -2.48. The third-order valence-electron chi connectivity index (χ3n) is 3.76. The Hall–Kier alpha value is -1.81. The van der Waals surface area contributed by atoms with E-state index in [1.165, 1.54) is 4.31 Å². The minimum atomic E-state index is -3.42. The van der Waals surface area contributed by atoms with Crippen molar-refractivity contribution in [2.24, 2.45) is 5.73 Å². The number of sulfonamides is 1. The average molecular weight is 337 g/mol. The molecule has 1 fully saturated rings. The zero-order valence-electron chi connectivity index (χ0n) is 12.6. The molecule has 0 saturated carbocycles. The molecule has 0 spiro atoms. The Morgan fingerprint density at radius 1 is 1.13 bits per heavy atom. The molecular weight excluding hydrogens is 318 g/mol. The Bertz CT molecular complexity index is 739. The van der Waals surface area contributed by atoms with E-state index in [-0.39, 0.29) is 6.54 Å². The molecule has 0 aliphatic carbocycles. The SMILES string of the molecule is NCc1nc(CN2CCN(S(=O)(=O)c3ccccc3)CC2)no1. The van der Waals surface area contributed by atoms with Gasteiger partial charge in [0, 0.05) is 26.2 Å². The van der Waals surface area contributed by atoms with Crippen LogP contribution < -0.4 is 5.73 Å². The fourth-order valence-corrected chi connectivity index (χ4v) is 3.95. The number of hydrogen-bond acceptors (Lipinski definition) is 7. The van der Waals surface area contributed by atoms with Gasteiger partial charge in [0.2, 0.25) is 15.9 Å². The van der Waals surface area contributed by atoms with Gasteiger partial charge in [-0.25, -0.2) is 8.42 Å². The van der Waals surface area contributed by atoms with Crippen LogP contribution in [0.5, 0.6) is 0 Å². The molecule has 1 aliphatic rings. The van der Waals surface area contributed by atoms with Crippen LogP contribution in [-0.2, 0) is 23.1 Å². The molecule has 3 rings (SSSR count). The molecule has 1 aromatic carbocycles. The Morgan fingerprint density at radius 3 is 2.43 bits per heavy atom. The van der Waals surface area contributed by atoms with Gasteiger partial charge in [-0.1, -0.05) is 23.4 Å². The lowest BCUT2D eigenvalue weighted by molar-refractivity contribution is 0.176. The van der Waals surface area contributed by atoms with Crippen LogP contribution in [0, 0.1) is 0 Å². The van der Waals surface area contributed by atoms with Crippen LogP contribution in [0.2, 0.25) is 0 Å². The van der Waals surface area contributed by atoms with E-state index >= 15 is 0 Å². The number of aromatic nitrogens is 2. The first-order chi connectivity index (χ1) is 11.1. The maximum atomic E-state index is 12.5. The summed E-state index contributed by atoms with van der Waals surface area (Å²) in [6.07, 6.45) is 0. The van der Waals surface area contributed by atoms with Crippen molar-refractivity contribution in [3.63, 3.8) is 0 Å². The zero-order chi connectivity index (χ0) is 16.3. The molecule has 1 saturated heterocycles. The number of nitrogens with two attached hydrogens (primary N) is 1. The second-order valence-electron chi connectivity index (χ2n) is 5.30. The van der Waals surface area contributed by atoms with Crippen LogP contribution in [-0.4, -0.2) is 53.9 Å². The van der Waals surface area contributed by atoms with E-state index in [0.717, 1.165) is 0 Å². The number of piperazine rings is 1. The molecule has 0 atom stereocenters. The van der Waals surface area contributed by atoms with E-state index in [2.05, 4.69) is 15.0 Å². The fourth-order valence-electron chi connectivity index (χ4n) is 2.51. The minimum absolute atomic E-state index is 0.218. The van der Waals surface area contributed by atoms with Gasteiger partial charge in [-0.15, -0.1) is 0 Å². The maximum absolute atomic E-state index is 12.5. The van der Waals surface area contributed by atoms with Crippen LogP contribution in [0.3, 0.4) is 0 Å². The molecule has 1 aromatic heterocycles. The highest BCUT2D eigenvalue weighted by molar-refractivity contribution is 7.89. The summed E-state index contributed by atoms with van der Waals surface area (Å²) in [6, 6.07) is 8.50. The second-order valence-corrected chi connectivity index (χ2v) is 7.24. The number of hydrogen-bond donors (Lipinski definition) is 1. The largest absolute Gasteiger partial charge is 0.338 e. The van der Waals surface area contributed by atoms with E-state index < -0.39 is 10.0 Å². The normalized spacial score (nSPS) is 17.4. The molecule has 2 aromatic rings. The molecule has 0 bridgehead atoms. The summed E-state index contributed by atoms with van der Waals surface area (Å²) in [6.45, 7) is 2.88. The van der Waals surface area contributed by atoms with Gasteiger partial charge in [-0.3, -0.25) is 4.90 Å². The highest BCUT2D eigenvalue weighted by atomic mass is 32.2. The Labute approximate surface area is 134 Å². The number of benzene rings is 1. The van der Waals surface area contributed by atoms with Crippen LogP contribution >= 0.6 is 0 Å². The fraction of sp³-hybridized carbons (Fsp3) is 0.429. The molecule has 1 aliphatic heterocycles. The molecular formula is C14H19N5O3S. The molecule has 23 heavy (non-hydrogen) atoms. The Balaban J connectivity index is 1.60. The Morgan fingerprint density at radius 2 is 1.83 bits per heavy atom. The van der Waals surface area contributed by atoms with Crippen molar-refractivity contribution in [1.29, 1.82) is 0 Å². The summed E-state index contributed by atoms with van der Waals surface area (Å²) in [5.41, 5.74) is 5.43. The molecule has 0 amide bonds. The lowest BCUT2D eigenvalue weighted by atomic mass is 10.3. The Kier molecular flexibility index (Phi) is 4.71. The van der Waals surface area contributed by atoms with Crippen LogP contribution in [0.25, 0.3) is 0 Å². The third kappa shape index (κ3) is 3.58. The molecule has 124 valence electrons. The summed E-state index contributed by atoms with van der Waals surface area (Å²) < 4.78 is 31.6.